The maximum Gasteiger partial charge on any atom is 0.163 e. The predicted molar refractivity (Wildman–Crippen MR) is 122 cm³/mol. The van der Waals surface area contributed by atoms with Gasteiger partial charge in [-0.25, -0.2) is 14.4 Å². The maximum absolute atomic E-state index is 14.7. The van der Waals surface area contributed by atoms with Crippen molar-refractivity contribution in [3.8, 4) is 11.4 Å². The summed E-state index contributed by atoms with van der Waals surface area (Å²) >= 11 is 6.39. The fraction of sp³-hybridized carbons (Fsp3) is 0.167. The van der Waals surface area contributed by atoms with Crippen LogP contribution in [0.1, 0.15) is 30.4 Å². The molecular formula is C24H19ClFN5. The molecule has 1 unspecified atom stereocenters. The summed E-state index contributed by atoms with van der Waals surface area (Å²) in [5.74, 6) is 1.52. The molecule has 1 N–H and O–H groups in total. The van der Waals surface area contributed by atoms with Crippen LogP contribution in [0.3, 0.4) is 0 Å². The molecule has 0 saturated carbocycles. The molecule has 0 aliphatic carbocycles. The number of nitrogens with one attached hydrogen (secondary N) is 1. The highest BCUT2D eigenvalue weighted by Gasteiger charge is 2.25. The Kier molecular flexibility index (Phi) is 5.08. The van der Waals surface area contributed by atoms with E-state index in [1.165, 1.54) is 6.07 Å². The summed E-state index contributed by atoms with van der Waals surface area (Å²) in [5.41, 5.74) is 2.87. The highest BCUT2D eigenvalue weighted by atomic mass is 35.5. The molecule has 2 aromatic carbocycles. The van der Waals surface area contributed by atoms with Gasteiger partial charge in [0, 0.05) is 40.7 Å². The number of fused-ring (bicyclic) bond motifs is 2. The molecule has 1 aliphatic heterocycles. The average Bonchev–Trinajstić information content (AvgIpc) is 2.80. The Morgan fingerprint density at radius 3 is 2.74 bits per heavy atom. The van der Waals surface area contributed by atoms with Gasteiger partial charge < -0.3 is 5.32 Å². The van der Waals surface area contributed by atoms with Gasteiger partial charge in [-0.15, -0.1) is 0 Å². The van der Waals surface area contributed by atoms with E-state index in [0.29, 0.717) is 40.1 Å². The molecule has 0 saturated heterocycles. The maximum atomic E-state index is 14.7. The number of nitrogens with zero attached hydrogens (tertiary/aromatic N) is 4. The van der Waals surface area contributed by atoms with E-state index in [4.69, 9.17) is 21.6 Å². The predicted octanol–water partition coefficient (Wildman–Crippen LogP) is 5.85. The van der Waals surface area contributed by atoms with Crippen LogP contribution in [0.15, 0.2) is 65.9 Å². The summed E-state index contributed by atoms with van der Waals surface area (Å²) in [6.07, 6.45) is 4.20. The number of aliphatic imine (C=N–C) groups is 1. The van der Waals surface area contributed by atoms with Gasteiger partial charge in [0.1, 0.15) is 17.5 Å². The van der Waals surface area contributed by atoms with Gasteiger partial charge in [-0.1, -0.05) is 42.8 Å². The summed E-state index contributed by atoms with van der Waals surface area (Å²) < 4.78 is 14.7. The van der Waals surface area contributed by atoms with Gasteiger partial charge in [0.2, 0.25) is 0 Å². The first-order valence-electron chi connectivity index (χ1n) is 10.1. The van der Waals surface area contributed by atoms with E-state index in [9.17, 15) is 4.39 Å². The minimum Gasteiger partial charge on any atom is -0.324 e. The van der Waals surface area contributed by atoms with Gasteiger partial charge in [-0.3, -0.25) is 9.98 Å². The number of pyridine rings is 1. The van der Waals surface area contributed by atoms with Gasteiger partial charge in [0.05, 0.1) is 16.7 Å². The summed E-state index contributed by atoms with van der Waals surface area (Å²) in [6, 6.07) is 14.4. The third-order valence-corrected chi connectivity index (χ3v) is 5.86. The van der Waals surface area contributed by atoms with E-state index >= 15 is 0 Å². The van der Waals surface area contributed by atoms with Crippen molar-refractivity contribution in [1.29, 1.82) is 0 Å². The Balaban J connectivity index is 1.64. The number of anilines is 1. The van der Waals surface area contributed by atoms with Gasteiger partial charge >= 0.3 is 0 Å². The second-order valence-corrected chi connectivity index (χ2v) is 7.80. The van der Waals surface area contributed by atoms with Gasteiger partial charge in [0.15, 0.2) is 5.82 Å². The van der Waals surface area contributed by atoms with Crippen LogP contribution in [-0.2, 0) is 0 Å². The molecule has 2 aromatic heterocycles. The quantitative estimate of drug-likeness (QED) is 0.442. The van der Waals surface area contributed by atoms with Crippen LogP contribution in [0.5, 0.6) is 0 Å². The molecule has 0 radical (unpaired) electrons. The van der Waals surface area contributed by atoms with E-state index in [1.54, 1.807) is 24.5 Å². The standard InChI is InChI=1S/C24H19ClFN5/c1-2-14-12-28-22(17-7-5-9-19(26)21(14)17)30-24-16-10-11-27-13-20(16)29-23(31-24)15-6-3-4-8-18(15)25/h3-11,13-14H,2,12H2,1H3,(H,28,29,30,31). The van der Waals surface area contributed by atoms with Crippen molar-refractivity contribution in [2.75, 3.05) is 11.9 Å². The summed E-state index contributed by atoms with van der Waals surface area (Å²) in [4.78, 5) is 18.3. The van der Waals surface area contributed by atoms with Crippen LogP contribution in [-0.4, -0.2) is 27.3 Å². The van der Waals surface area contributed by atoms with Crippen LogP contribution in [0.2, 0.25) is 5.02 Å². The molecule has 1 atom stereocenters. The number of halogens is 2. The van der Waals surface area contributed by atoms with Gasteiger partial charge in [-0.2, -0.15) is 0 Å². The highest BCUT2D eigenvalue weighted by molar-refractivity contribution is 6.33. The number of benzene rings is 2. The smallest absolute Gasteiger partial charge is 0.163 e. The first-order valence-corrected chi connectivity index (χ1v) is 10.5. The normalized spacial score (nSPS) is 15.5. The Morgan fingerprint density at radius 1 is 1.06 bits per heavy atom. The molecule has 7 heteroatoms. The average molecular weight is 432 g/mol. The zero-order chi connectivity index (χ0) is 21.4. The zero-order valence-electron chi connectivity index (χ0n) is 16.8. The minimum atomic E-state index is -0.202. The lowest BCUT2D eigenvalue weighted by Gasteiger charge is -2.25. The first kappa shape index (κ1) is 19.6. The van der Waals surface area contributed by atoms with Crippen LogP contribution in [0.25, 0.3) is 22.3 Å². The van der Waals surface area contributed by atoms with Crippen LogP contribution < -0.4 is 5.32 Å². The lowest BCUT2D eigenvalue weighted by molar-refractivity contribution is 0.565. The van der Waals surface area contributed by atoms with E-state index in [1.807, 2.05) is 30.3 Å². The third kappa shape index (κ3) is 3.53. The minimum absolute atomic E-state index is 0.0618. The summed E-state index contributed by atoms with van der Waals surface area (Å²) in [5, 5.41) is 4.70. The molecule has 4 aromatic rings. The molecule has 0 bridgehead atoms. The Labute approximate surface area is 184 Å². The first-order chi connectivity index (χ1) is 15.2. The summed E-state index contributed by atoms with van der Waals surface area (Å²) in [6.45, 7) is 2.57. The molecule has 0 spiro atoms. The van der Waals surface area contributed by atoms with Crippen LogP contribution in [0, 0.1) is 5.82 Å². The lowest BCUT2D eigenvalue weighted by Crippen LogP contribution is -2.25. The van der Waals surface area contributed by atoms with Gasteiger partial charge in [-0.05, 0) is 30.7 Å². The topological polar surface area (TPSA) is 63.1 Å². The van der Waals surface area contributed by atoms with Crippen molar-refractivity contribution >= 4 is 34.2 Å². The van der Waals surface area contributed by atoms with E-state index in [0.717, 1.165) is 22.9 Å². The number of aromatic nitrogens is 3. The third-order valence-electron chi connectivity index (χ3n) is 5.53. The monoisotopic (exact) mass is 431 g/mol. The van der Waals surface area contributed by atoms with Crippen molar-refractivity contribution in [1.82, 2.24) is 15.0 Å². The largest absolute Gasteiger partial charge is 0.324 e. The van der Waals surface area contributed by atoms with E-state index in [2.05, 4.69) is 22.2 Å². The van der Waals surface area contributed by atoms with Gasteiger partial charge in [0.25, 0.3) is 0 Å². The Bertz CT molecular complexity index is 1320. The molecule has 5 rings (SSSR count). The highest BCUT2D eigenvalue weighted by Crippen LogP contribution is 2.33. The van der Waals surface area contributed by atoms with Crippen LogP contribution >= 0.6 is 11.6 Å². The molecule has 5 nitrogen and oxygen atoms in total. The van der Waals surface area contributed by atoms with Crippen molar-refractivity contribution in [2.24, 2.45) is 4.99 Å². The molecule has 31 heavy (non-hydrogen) atoms. The van der Waals surface area contributed by atoms with Crippen molar-refractivity contribution < 1.29 is 4.39 Å². The van der Waals surface area contributed by atoms with E-state index in [-0.39, 0.29) is 11.7 Å². The number of hydrogen-bond acceptors (Lipinski definition) is 5. The lowest BCUT2D eigenvalue weighted by atomic mass is 9.89. The molecule has 0 amide bonds. The summed E-state index contributed by atoms with van der Waals surface area (Å²) in [7, 11) is 0. The molecule has 154 valence electrons. The molecule has 1 aliphatic rings. The SMILES string of the molecule is CCC1CN=C(Nc2nc(-c3ccccc3Cl)nc3cnccc23)c2cccc(F)c21. The molecule has 3 heterocycles. The Hall–Kier alpha value is -3.38. The second-order valence-electron chi connectivity index (χ2n) is 7.39. The number of hydrogen-bond donors (Lipinski definition) is 1. The fourth-order valence-electron chi connectivity index (χ4n) is 3.93. The molecule has 0 fully saturated rings. The van der Waals surface area contributed by atoms with Crippen molar-refractivity contribution in [3.63, 3.8) is 0 Å². The van der Waals surface area contributed by atoms with Crippen LogP contribution in [0.4, 0.5) is 10.2 Å². The number of rotatable bonds is 3. The fourth-order valence-corrected chi connectivity index (χ4v) is 4.15. The zero-order valence-corrected chi connectivity index (χ0v) is 17.6. The van der Waals surface area contributed by atoms with E-state index < -0.39 is 0 Å². The Morgan fingerprint density at radius 2 is 1.90 bits per heavy atom. The second kappa shape index (κ2) is 8.04. The van der Waals surface area contributed by atoms with Crippen molar-refractivity contribution in [3.05, 3.63) is 82.9 Å². The van der Waals surface area contributed by atoms with Crippen molar-refractivity contribution in [2.45, 2.75) is 19.3 Å². The molecular weight excluding hydrogens is 413 g/mol. The number of amidine groups is 1.